The fourth-order valence-corrected chi connectivity index (χ4v) is 3.97. The molecule has 0 aliphatic heterocycles. The summed E-state index contributed by atoms with van der Waals surface area (Å²) in [5.41, 5.74) is 4.23. The summed E-state index contributed by atoms with van der Waals surface area (Å²) in [5, 5.41) is 2.79. The molecule has 1 heterocycles. The number of ketones is 1. The summed E-state index contributed by atoms with van der Waals surface area (Å²) in [6.45, 7) is 6.18. The molecule has 1 N–H and O–H groups in total. The minimum Gasteiger partial charge on any atom is -0.322 e. The van der Waals surface area contributed by atoms with E-state index in [1.165, 1.54) is 6.07 Å². The molecule has 0 unspecified atom stereocenters. The van der Waals surface area contributed by atoms with Crippen LogP contribution in [0.3, 0.4) is 0 Å². The first-order valence-corrected chi connectivity index (χ1v) is 10.7. The van der Waals surface area contributed by atoms with Gasteiger partial charge in [-0.25, -0.2) is 0 Å². The standard InChI is InChI=1S/C26H26N2O3/c1-16(2)18-9-13-20(14-10-18)28-23-5-4-6-24(29)21(23)15-22(26(28)31)25(30)27-19-11-7-17(3)8-12-19/h7-16H,4-6H2,1-3H3,(H,27,30). The zero-order chi connectivity index (χ0) is 22.1. The van der Waals surface area contributed by atoms with Gasteiger partial charge >= 0.3 is 0 Å². The number of nitrogens with one attached hydrogen (secondary N) is 1. The Morgan fingerprint density at radius 1 is 0.968 bits per heavy atom. The Balaban J connectivity index is 1.83. The van der Waals surface area contributed by atoms with E-state index in [-0.39, 0.29) is 11.3 Å². The van der Waals surface area contributed by atoms with Crippen molar-refractivity contribution >= 4 is 17.4 Å². The van der Waals surface area contributed by atoms with Crippen LogP contribution in [0.4, 0.5) is 5.69 Å². The number of carbonyl (C=O) groups excluding carboxylic acids is 2. The van der Waals surface area contributed by atoms with Crippen LogP contribution in [0.1, 0.15) is 70.1 Å². The zero-order valence-electron chi connectivity index (χ0n) is 18.1. The largest absolute Gasteiger partial charge is 0.322 e. The van der Waals surface area contributed by atoms with Gasteiger partial charge in [0.1, 0.15) is 5.56 Å². The summed E-state index contributed by atoms with van der Waals surface area (Å²) in [5.74, 6) is -0.173. The van der Waals surface area contributed by atoms with Gasteiger partial charge in [0.2, 0.25) is 0 Å². The normalized spacial score (nSPS) is 13.2. The van der Waals surface area contributed by atoms with Crippen LogP contribution >= 0.6 is 0 Å². The molecule has 0 radical (unpaired) electrons. The Morgan fingerprint density at radius 3 is 2.29 bits per heavy atom. The third-order valence-corrected chi connectivity index (χ3v) is 5.79. The molecule has 5 nitrogen and oxygen atoms in total. The molecular weight excluding hydrogens is 388 g/mol. The van der Waals surface area contributed by atoms with Gasteiger partial charge in [-0.05, 0) is 61.6 Å². The SMILES string of the molecule is Cc1ccc(NC(=O)c2cc3c(n(-c4ccc(C(C)C)cc4)c2=O)CCCC3=O)cc1. The van der Waals surface area contributed by atoms with Crippen molar-refractivity contribution < 1.29 is 9.59 Å². The van der Waals surface area contributed by atoms with Crippen LogP contribution in [0.5, 0.6) is 0 Å². The molecule has 0 saturated carbocycles. The summed E-state index contributed by atoms with van der Waals surface area (Å²) in [4.78, 5) is 39.1. The minimum atomic E-state index is -0.512. The first-order valence-electron chi connectivity index (χ1n) is 10.7. The van der Waals surface area contributed by atoms with E-state index in [0.717, 1.165) is 11.1 Å². The number of anilines is 1. The number of aromatic nitrogens is 1. The van der Waals surface area contributed by atoms with E-state index < -0.39 is 11.5 Å². The number of hydrogen-bond acceptors (Lipinski definition) is 3. The summed E-state index contributed by atoms with van der Waals surface area (Å²) in [7, 11) is 0. The van der Waals surface area contributed by atoms with Crippen molar-refractivity contribution in [3.05, 3.63) is 92.9 Å². The summed E-state index contributed by atoms with van der Waals surface area (Å²) < 4.78 is 1.54. The predicted octanol–water partition coefficient (Wildman–Crippen LogP) is 5.04. The molecule has 0 atom stereocenters. The van der Waals surface area contributed by atoms with Gasteiger partial charge in [-0.1, -0.05) is 43.7 Å². The number of amides is 1. The molecule has 0 spiro atoms. The molecule has 0 fully saturated rings. The van der Waals surface area contributed by atoms with E-state index in [1.54, 1.807) is 16.7 Å². The van der Waals surface area contributed by atoms with Gasteiger partial charge in [-0.2, -0.15) is 0 Å². The van der Waals surface area contributed by atoms with Crippen LogP contribution < -0.4 is 10.9 Å². The van der Waals surface area contributed by atoms with E-state index >= 15 is 0 Å². The third kappa shape index (κ3) is 4.08. The van der Waals surface area contributed by atoms with Gasteiger partial charge in [0.25, 0.3) is 11.5 Å². The maximum absolute atomic E-state index is 13.4. The number of benzene rings is 2. The van der Waals surface area contributed by atoms with Gasteiger partial charge in [-0.15, -0.1) is 0 Å². The minimum absolute atomic E-state index is 0.0255. The molecule has 1 aliphatic rings. The maximum Gasteiger partial charge on any atom is 0.268 e. The van der Waals surface area contributed by atoms with Crippen LogP contribution in [-0.4, -0.2) is 16.3 Å². The first kappa shape index (κ1) is 20.8. The monoisotopic (exact) mass is 414 g/mol. The summed E-state index contributed by atoms with van der Waals surface area (Å²) in [6.07, 6.45) is 1.75. The van der Waals surface area contributed by atoms with Gasteiger partial charge in [0.15, 0.2) is 5.78 Å². The molecule has 3 aromatic rings. The van der Waals surface area contributed by atoms with Gasteiger partial charge < -0.3 is 5.32 Å². The van der Waals surface area contributed by atoms with Crippen LogP contribution in [-0.2, 0) is 6.42 Å². The quantitative estimate of drug-likeness (QED) is 0.650. The molecule has 0 bridgehead atoms. The number of rotatable bonds is 4. The number of pyridine rings is 1. The molecule has 2 aromatic carbocycles. The lowest BCUT2D eigenvalue weighted by Gasteiger charge is -2.22. The Hall–Kier alpha value is -3.47. The second kappa shape index (κ2) is 8.34. The van der Waals surface area contributed by atoms with Crippen molar-refractivity contribution in [1.29, 1.82) is 0 Å². The second-order valence-corrected chi connectivity index (χ2v) is 8.40. The highest BCUT2D eigenvalue weighted by Gasteiger charge is 2.26. The van der Waals surface area contributed by atoms with Crippen molar-refractivity contribution in [3.63, 3.8) is 0 Å². The summed E-state index contributed by atoms with van der Waals surface area (Å²) in [6, 6.07) is 16.6. The average molecular weight is 415 g/mol. The van der Waals surface area contributed by atoms with Crippen molar-refractivity contribution in [2.75, 3.05) is 5.32 Å². The highest BCUT2D eigenvalue weighted by atomic mass is 16.2. The number of fused-ring (bicyclic) bond motifs is 1. The maximum atomic E-state index is 13.4. The lowest BCUT2D eigenvalue weighted by Crippen LogP contribution is -2.33. The lowest BCUT2D eigenvalue weighted by molar-refractivity contribution is 0.0971. The Morgan fingerprint density at radius 2 is 1.65 bits per heavy atom. The van der Waals surface area contributed by atoms with Crippen LogP contribution in [0.15, 0.2) is 59.4 Å². The highest BCUT2D eigenvalue weighted by molar-refractivity contribution is 6.06. The predicted molar refractivity (Wildman–Crippen MR) is 123 cm³/mol. The fraction of sp³-hybridized carbons (Fsp3) is 0.269. The molecule has 1 amide bonds. The Bertz CT molecular complexity index is 1200. The number of hydrogen-bond donors (Lipinski definition) is 1. The second-order valence-electron chi connectivity index (χ2n) is 8.40. The molecule has 0 saturated heterocycles. The molecule has 4 rings (SSSR count). The number of carbonyl (C=O) groups is 2. The topological polar surface area (TPSA) is 68.2 Å². The van der Waals surface area contributed by atoms with E-state index in [4.69, 9.17) is 0 Å². The third-order valence-electron chi connectivity index (χ3n) is 5.79. The Labute approximate surface area is 181 Å². The number of Topliss-reactive ketones (excluding diaryl/α,β-unsaturated/α-hetero) is 1. The smallest absolute Gasteiger partial charge is 0.268 e. The molecule has 1 aliphatic carbocycles. The van der Waals surface area contributed by atoms with Crippen molar-refractivity contribution in [3.8, 4) is 5.69 Å². The molecule has 5 heteroatoms. The van der Waals surface area contributed by atoms with Crippen molar-refractivity contribution in [2.45, 2.75) is 46.0 Å². The summed E-state index contributed by atoms with van der Waals surface area (Å²) >= 11 is 0. The Kier molecular flexibility index (Phi) is 5.59. The number of aryl methyl sites for hydroxylation is 1. The molecular formula is C26H26N2O3. The van der Waals surface area contributed by atoms with Crippen LogP contribution in [0.2, 0.25) is 0 Å². The van der Waals surface area contributed by atoms with E-state index in [9.17, 15) is 14.4 Å². The van der Waals surface area contributed by atoms with Crippen LogP contribution in [0.25, 0.3) is 5.69 Å². The van der Waals surface area contributed by atoms with Gasteiger partial charge in [-0.3, -0.25) is 19.0 Å². The van der Waals surface area contributed by atoms with Gasteiger partial charge in [0.05, 0.1) is 0 Å². The number of nitrogens with zero attached hydrogens (tertiary/aromatic N) is 1. The van der Waals surface area contributed by atoms with Gasteiger partial charge in [0, 0.05) is 29.1 Å². The van der Waals surface area contributed by atoms with E-state index in [2.05, 4.69) is 19.2 Å². The molecule has 1 aromatic heterocycles. The van der Waals surface area contributed by atoms with Crippen molar-refractivity contribution in [2.24, 2.45) is 0 Å². The lowest BCUT2D eigenvalue weighted by atomic mass is 9.92. The molecule has 31 heavy (non-hydrogen) atoms. The highest BCUT2D eigenvalue weighted by Crippen LogP contribution is 2.25. The van der Waals surface area contributed by atoms with E-state index in [0.29, 0.717) is 47.8 Å². The molecule has 158 valence electrons. The first-order chi connectivity index (χ1) is 14.8. The van der Waals surface area contributed by atoms with E-state index in [1.807, 2.05) is 43.3 Å². The fourth-order valence-electron chi connectivity index (χ4n) is 3.97. The van der Waals surface area contributed by atoms with Crippen LogP contribution in [0, 0.1) is 6.92 Å². The van der Waals surface area contributed by atoms with Crippen molar-refractivity contribution in [1.82, 2.24) is 4.57 Å². The zero-order valence-corrected chi connectivity index (χ0v) is 18.1. The average Bonchev–Trinajstić information content (AvgIpc) is 2.75.